The number of benzene rings is 2. The predicted molar refractivity (Wildman–Crippen MR) is 118 cm³/mol. The number of rotatable bonds is 3. The fourth-order valence-corrected chi connectivity index (χ4v) is 3.77. The number of nitrogens with one attached hydrogen (secondary N) is 2. The molecule has 0 saturated carbocycles. The van der Waals surface area contributed by atoms with Crippen LogP contribution in [-0.4, -0.2) is 46.4 Å². The number of alkyl halides is 3. The first-order chi connectivity index (χ1) is 15.6. The molecule has 3 heterocycles. The molecule has 3 N–H and O–H groups in total. The molecule has 5 rings (SSSR count). The zero-order valence-electron chi connectivity index (χ0n) is 16.6. The van der Waals surface area contributed by atoms with E-state index < -0.39 is 12.1 Å². The summed E-state index contributed by atoms with van der Waals surface area (Å²) in [5.41, 5.74) is 4.49. The fourth-order valence-electron chi connectivity index (χ4n) is 2.92. The smallest absolute Gasteiger partial charge is 0.475 e. The van der Waals surface area contributed by atoms with Crippen molar-refractivity contribution in [1.82, 2.24) is 29.1 Å². The van der Waals surface area contributed by atoms with Gasteiger partial charge in [-0.1, -0.05) is 17.7 Å². The van der Waals surface area contributed by atoms with Crippen molar-refractivity contribution < 1.29 is 23.1 Å². The minimum atomic E-state index is -5.08. The Bertz CT molecular complexity index is 1460. The molecule has 0 spiro atoms. The molecule has 5 aromatic rings. The first-order valence-corrected chi connectivity index (χ1v) is 10.2. The summed E-state index contributed by atoms with van der Waals surface area (Å²) in [5, 5.41) is 19.4. The Morgan fingerprint density at radius 1 is 1.27 bits per heavy atom. The molecule has 0 amide bonds. The second kappa shape index (κ2) is 8.67. The van der Waals surface area contributed by atoms with Crippen molar-refractivity contribution >= 4 is 61.9 Å². The number of para-hydroxylation sites is 1. The van der Waals surface area contributed by atoms with Gasteiger partial charge in [-0.25, -0.2) is 9.78 Å². The lowest BCUT2D eigenvalue weighted by Crippen LogP contribution is -2.21. The number of carbonyl (C=O) groups is 1. The highest BCUT2D eigenvalue weighted by molar-refractivity contribution is 7.10. The molecule has 33 heavy (non-hydrogen) atoms. The Hall–Kier alpha value is -3.71. The van der Waals surface area contributed by atoms with Gasteiger partial charge in [-0.2, -0.15) is 27.6 Å². The van der Waals surface area contributed by atoms with Crippen molar-refractivity contribution in [3.05, 3.63) is 47.9 Å². The minimum absolute atomic E-state index is 0.597. The maximum Gasteiger partial charge on any atom is 0.490 e. The van der Waals surface area contributed by atoms with E-state index in [1.165, 1.54) is 11.5 Å². The highest BCUT2D eigenvalue weighted by atomic mass is 35.5. The predicted octanol–water partition coefficient (Wildman–Crippen LogP) is 5.00. The van der Waals surface area contributed by atoms with E-state index in [9.17, 15) is 13.2 Å². The number of hydrogen-bond acceptors (Lipinski definition) is 7. The van der Waals surface area contributed by atoms with E-state index in [1.54, 1.807) is 12.5 Å². The number of nitrogens with zero attached hydrogens (tertiary/aromatic N) is 5. The van der Waals surface area contributed by atoms with Crippen LogP contribution in [0.1, 0.15) is 0 Å². The van der Waals surface area contributed by atoms with Gasteiger partial charge >= 0.3 is 12.1 Å². The van der Waals surface area contributed by atoms with Gasteiger partial charge in [0.05, 0.1) is 39.8 Å². The van der Waals surface area contributed by atoms with Crippen LogP contribution in [-0.2, 0) is 11.8 Å². The Labute approximate surface area is 192 Å². The van der Waals surface area contributed by atoms with Gasteiger partial charge in [0.25, 0.3) is 0 Å². The number of imidazole rings is 1. The van der Waals surface area contributed by atoms with E-state index in [2.05, 4.69) is 29.9 Å². The van der Waals surface area contributed by atoms with E-state index in [1.807, 2.05) is 41.9 Å². The van der Waals surface area contributed by atoms with Crippen LogP contribution in [0, 0.1) is 0 Å². The van der Waals surface area contributed by atoms with Crippen LogP contribution >= 0.6 is 23.1 Å². The molecule has 0 fully saturated rings. The summed E-state index contributed by atoms with van der Waals surface area (Å²) in [6.07, 6.45) is -1.59. The quantitative estimate of drug-likeness (QED) is 0.322. The third-order valence-electron chi connectivity index (χ3n) is 4.46. The monoisotopic (exact) mass is 495 g/mol. The molecular weight excluding hydrogens is 483 g/mol. The molecule has 170 valence electrons. The highest BCUT2D eigenvalue weighted by Gasteiger charge is 2.38. The first-order valence-electron chi connectivity index (χ1n) is 9.08. The van der Waals surface area contributed by atoms with Crippen molar-refractivity contribution in [2.45, 2.75) is 6.18 Å². The average Bonchev–Trinajstić information content (AvgIpc) is 3.50. The summed E-state index contributed by atoms with van der Waals surface area (Å²) in [6, 6.07) is 9.80. The molecule has 9 nitrogen and oxygen atoms in total. The molecule has 0 bridgehead atoms. The van der Waals surface area contributed by atoms with Crippen molar-refractivity contribution in [1.29, 1.82) is 0 Å². The van der Waals surface area contributed by atoms with Crippen LogP contribution in [0.2, 0.25) is 5.02 Å². The minimum Gasteiger partial charge on any atom is -0.475 e. The van der Waals surface area contributed by atoms with E-state index >= 15 is 0 Å². The molecule has 0 radical (unpaired) electrons. The number of aromatic amines is 1. The normalized spacial score (nSPS) is 11.4. The number of carboxylic acid groups (broad SMARTS) is 1. The standard InChI is InChI=1S/C17H12ClN7S.C2HF3O2/c1-25-8-19-15-9(3-2-4-13(15)25)16-22-17(26-24-16)21-12-6-5-11-10(14(12)18)7-20-23-11;3-2(4,5)1(6)7/h2-8H,1H3,(H,20,23)(H,21,22,24);(H,6,7). The molecule has 0 unspecified atom stereocenters. The van der Waals surface area contributed by atoms with Gasteiger partial charge in [0.15, 0.2) is 5.82 Å². The summed E-state index contributed by atoms with van der Waals surface area (Å²) in [5.74, 6) is -2.12. The van der Waals surface area contributed by atoms with Crippen LogP contribution in [0.4, 0.5) is 24.0 Å². The SMILES string of the molecule is Cn1cnc2c(-c3nsc(Nc4ccc5[nH]ncc5c4Cl)n3)cccc21.O=C(O)C(F)(F)F. The third-order valence-corrected chi connectivity index (χ3v) is 5.50. The van der Waals surface area contributed by atoms with E-state index in [0.717, 1.165) is 33.2 Å². The summed E-state index contributed by atoms with van der Waals surface area (Å²) in [4.78, 5) is 18.0. The van der Waals surface area contributed by atoms with Gasteiger partial charge < -0.3 is 15.0 Å². The van der Waals surface area contributed by atoms with E-state index in [4.69, 9.17) is 21.5 Å². The van der Waals surface area contributed by atoms with Crippen LogP contribution in [0.5, 0.6) is 0 Å². The summed E-state index contributed by atoms with van der Waals surface area (Å²) in [7, 11) is 1.97. The van der Waals surface area contributed by atoms with E-state index in [-0.39, 0.29) is 0 Å². The van der Waals surface area contributed by atoms with E-state index in [0.29, 0.717) is 16.0 Å². The Balaban J connectivity index is 0.000000325. The largest absolute Gasteiger partial charge is 0.490 e. The van der Waals surface area contributed by atoms with Crippen LogP contribution in [0.3, 0.4) is 0 Å². The molecule has 0 saturated heterocycles. The number of aromatic nitrogens is 6. The number of fused-ring (bicyclic) bond motifs is 2. The zero-order valence-corrected chi connectivity index (χ0v) is 18.1. The number of hydrogen-bond donors (Lipinski definition) is 3. The second-order valence-electron chi connectivity index (χ2n) is 6.64. The third kappa shape index (κ3) is 4.59. The molecule has 0 atom stereocenters. The summed E-state index contributed by atoms with van der Waals surface area (Å²) in [6.45, 7) is 0. The van der Waals surface area contributed by atoms with Crippen molar-refractivity contribution in [2.24, 2.45) is 7.05 Å². The fraction of sp³-hybridized carbons (Fsp3) is 0.105. The molecular formula is C19H13ClF3N7O2S. The van der Waals surface area contributed by atoms with Gasteiger partial charge in [-0.3, -0.25) is 5.10 Å². The van der Waals surface area contributed by atoms with Crippen molar-refractivity contribution in [3.63, 3.8) is 0 Å². The molecule has 0 aliphatic rings. The summed E-state index contributed by atoms with van der Waals surface area (Å²) >= 11 is 7.74. The number of carboxylic acids is 1. The maximum atomic E-state index is 10.6. The Morgan fingerprint density at radius 2 is 2.03 bits per heavy atom. The lowest BCUT2D eigenvalue weighted by Gasteiger charge is -2.05. The first kappa shape index (κ1) is 22.5. The zero-order chi connectivity index (χ0) is 23.8. The number of halogens is 4. The lowest BCUT2D eigenvalue weighted by atomic mass is 10.2. The number of aliphatic carboxylic acids is 1. The van der Waals surface area contributed by atoms with Gasteiger partial charge in [0.1, 0.15) is 0 Å². The van der Waals surface area contributed by atoms with Crippen LogP contribution < -0.4 is 5.32 Å². The van der Waals surface area contributed by atoms with Crippen molar-refractivity contribution in [3.8, 4) is 11.4 Å². The van der Waals surface area contributed by atoms with Crippen molar-refractivity contribution in [2.75, 3.05) is 5.32 Å². The highest BCUT2D eigenvalue weighted by Crippen LogP contribution is 2.34. The molecule has 2 aromatic carbocycles. The molecule has 14 heteroatoms. The Kier molecular flexibility index (Phi) is 5.91. The lowest BCUT2D eigenvalue weighted by molar-refractivity contribution is -0.192. The number of H-pyrrole nitrogens is 1. The summed E-state index contributed by atoms with van der Waals surface area (Å²) < 4.78 is 38.2. The van der Waals surface area contributed by atoms with Gasteiger partial charge in [-0.05, 0) is 24.3 Å². The topological polar surface area (TPSA) is 122 Å². The maximum absolute atomic E-state index is 10.6. The van der Waals surface area contributed by atoms with Gasteiger partial charge in [-0.15, -0.1) is 0 Å². The number of aryl methyl sites for hydroxylation is 1. The molecule has 0 aliphatic carbocycles. The Morgan fingerprint density at radius 3 is 2.76 bits per heavy atom. The average molecular weight is 496 g/mol. The van der Waals surface area contributed by atoms with Crippen LogP contribution in [0.15, 0.2) is 42.9 Å². The van der Waals surface area contributed by atoms with Crippen LogP contribution in [0.25, 0.3) is 33.3 Å². The molecule has 3 aromatic heterocycles. The second-order valence-corrected chi connectivity index (χ2v) is 7.77. The molecule has 0 aliphatic heterocycles. The van der Waals surface area contributed by atoms with Gasteiger partial charge in [0, 0.05) is 29.5 Å². The number of anilines is 2. The van der Waals surface area contributed by atoms with Gasteiger partial charge in [0.2, 0.25) is 5.13 Å².